The number of nitrogens with zero attached hydrogens (tertiary/aromatic N) is 3. The van der Waals surface area contributed by atoms with E-state index in [9.17, 15) is 0 Å². The van der Waals surface area contributed by atoms with Gasteiger partial charge in [0.15, 0.2) is 6.17 Å². The first-order chi connectivity index (χ1) is 28.6. The molecule has 2 aromatic carbocycles. The number of hydrogen-bond donors (Lipinski definition) is 2. The molecule has 2 N–H and O–H groups in total. The van der Waals surface area contributed by atoms with Crippen LogP contribution in [-0.2, 0) is 4.74 Å². The smallest absolute Gasteiger partial charge is 0.171 e. The van der Waals surface area contributed by atoms with Crippen molar-refractivity contribution in [3.63, 3.8) is 0 Å². The Morgan fingerprint density at radius 2 is 1.76 bits per heavy atom. The van der Waals surface area contributed by atoms with Crippen molar-refractivity contribution in [2.45, 2.75) is 102 Å². The lowest BCUT2D eigenvalue weighted by Crippen LogP contribution is -2.40. The third kappa shape index (κ3) is 6.36. The number of rotatable bonds is 6. The quantitative estimate of drug-likeness (QED) is 0.288. The minimum Gasteiger partial charge on any atom is -0.380 e. The third-order valence-corrected chi connectivity index (χ3v) is 14.1. The van der Waals surface area contributed by atoms with Gasteiger partial charge in [0.1, 0.15) is 11.7 Å². The number of amidine groups is 2. The van der Waals surface area contributed by atoms with Gasteiger partial charge in [-0.05, 0) is 104 Å². The Hall–Kier alpha value is -5.20. The number of dihydropyridines is 1. The lowest BCUT2D eigenvalue weighted by atomic mass is 9.76. The van der Waals surface area contributed by atoms with Crippen LogP contribution in [0.15, 0.2) is 170 Å². The fourth-order valence-electron chi connectivity index (χ4n) is 11.1. The molecule has 0 saturated carbocycles. The van der Waals surface area contributed by atoms with E-state index in [4.69, 9.17) is 14.7 Å². The van der Waals surface area contributed by atoms with Crippen LogP contribution in [0.2, 0.25) is 0 Å². The topological polar surface area (TPSA) is 61.2 Å². The standard InChI is InChI=1S/C52H55N5O/c1-32-23-25-34(26-24-32)37-28-44(52-55-50(35-14-5-3-6-15-35)54-51(56-52)36-16-7-4-8-17-36)48(53-31-37)41-21-12-20-40-43-29-46-42(30-47(43)58-49(40)41)39-19-9-10-22-45(39)57(46)38-18-11-13-33(2)27-38/h3,5-7,9-10,12,14-17,19-22,25,27-29,32-33,40,42,46-47,49,52-53H,4,8,11,13,18,23-24,26,30-31H2,1-2H3,(H,54,55,56). The van der Waals surface area contributed by atoms with Crippen LogP contribution in [0.3, 0.4) is 0 Å². The Morgan fingerprint density at radius 3 is 2.60 bits per heavy atom. The molecule has 6 nitrogen and oxygen atoms in total. The Bertz CT molecular complexity index is 2360. The first-order valence-corrected chi connectivity index (χ1v) is 22.1. The van der Waals surface area contributed by atoms with Crippen molar-refractivity contribution < 1.29 is 4.74 Å². The number of para-hydroxylation sites is 1. The molecule has 9 aliphatic rings. The van der Waals surface area contributed by atoms with Gasteiger partial charge in [0.2, 0.25) is 0 Å². The average Bonchev–Trinajstić information content (AvgIpc) is 3.81. The zero-order chi connectivity index (χ0) is 38.7. The van der Waals surface area contributed by atoms with E-state index in [1.54, 1.807) is 0 Å². The van der Waals surface area contributed by atoms with E-state index in [1.165, 1.54) is 58.5 Å². The number of aliphatic imine (C=N–C) groups is 2. The summed E-state index contributed by atoms with van der Waals surface area (Å²) in [5.74, 6) is 3.69. The molecule has 0 bridgehead atoms. The SMILES string of the molecule is CC1C=C(N2c3ccccc3C3CC4OC5C(C6=C(C7N=C(C8=CCCC=C8)NC(c8ccccc8)=N7)C=C(C7=CCC(C)CC7)CN6)=CC=CC5C4=CC32)CCC1. The van der Waals surface area contributed by atoms with E-state index in [1.807, 2.05) is 0 Å². The second kappa shape index (κ2) is 14.9. The van der Waals surface area contributed by atoms with E-state index in [2.05, 4.69) is 145 Å². The first kappa shape index (κ1) is 35.9. The van der Waals surface area contributed by atoms with Crippen molar-refractivity contribution >= 4 is 17.4 Å². The molecule has 1 saturated heterocycles. The normalized spacial score (nSPS) is 32.4. The summed E-state index contributed by atoms with van der Waals surface area (Å²) in [7, 11) is 0. The van der Waals surface area contributed by atoms with Gasteiger partial charge in [-0.15, -0.1) is 0 Å². The predicted molar refractivity (Wildman–Crippen MR) is 237 cm³/mol. The average molecular weight is 766 g/mol. The van der Waals surface area contributed by atoms with E-state index < -0.39 is 6.17 Å². The van der Waals surface area contributed by atoms with Gasteiger partial charge in [-0.3, -0.25) is 0 Å². The van der Waals surface area contributed by atoms with Gasteiger partial charge in [0, 0.05) is 57.7 Å². The van der Waals surface area contributed by atoms with Gasteiger partial charge in [0.25, 0.3) is 0 Å². The van der Waals surface area contributed by atoms with Crippen molar-refractivity contribution in [2.24, 2.45) is 27.7 Å². The summed E-state index contributed by atoms with van der Waals surface area (Å²) in [5, 5.41) is 7.66. The van der Waals surface area contributed by atoms with E-state index >= 15 is 0 Å². The van der Waals surface area contributed by atoms with Crippen LogP contribution in [0.4, 0.5) is 5.69 Å². The predicted octanol–water partition coefficient (Wildman–Crippen LogP) is 10.5. The maximum atomic E-state index is 7.32. The third-order valence-electron chi connectivity index (χ3n) is 14.1. The Balaban J connectivity index is 1.000. The molecule has 4 heterocycles. The minimum absolute atomic E-state index is 0.0772. The van der Waals surface area contributed by atoms with Crippen molar-refractivity contribution in [1.82, 2.24) is 10.6 Å². The zero-order valence-corrected chi connectivity index (χ0v) is 33.9. The zero-order valence-electron chi connectivity index (χ0n) is 33.9. The number of benzene rings is 2. The molecule has 0 aromatic heterocycles. The van der Waals surface area contributed by atoms with Crippen molar-refractivity contribution in [3.05, 3.63) is 171 Å². The molecular formula is C52H55N5O. The van der Waals surface area contributed by atoms with E-state index in [-0.39, 0.29) is 18.1 Å². The lowest BCUT2D eigenvalue weighted by molar-refractivity contribution is 0.0553. The number of ether oxygens (including phenoxy) is 1. The molecule has 2 aromatic rings. The van der Waals surface area contributed by atoms with Crippen LogP contribution >= 0.6 is 0 Å². The Morgan fingerprint density at radius 1 is 0.879 bits per heavy atom. The monoisotopic (exact) mass is 765 g/mol. The van der Waals surface area contributed by atoms with Gasteiger partial charge in [-0.2, -0.15) is 0 Å². The molecule has 8 atom stereocenters. The minimum atomic E-state index is -0.424. The highest BCUT2D eigenvalue weighted by atomic mass is 16.5. The highest BCUT2D eigenvalue weighted by Gasteiger charge is 2.51. The maximum absolute atomic E-state index is 7.32. The second-order valence-electron chi connectivity index (χ2n) is 18.0. The first-order valence-electron chi connectivity index (χ1n) is 22.1. The summed E-state index contributed by atoms with van der Waals surface area (Å²) < 4.78 is 7.32. The molecule has 1 fully saturated rings. The van der Waals surface area contributed by atoms with E-state index in [0.29, 0.717) is 17.9 Å². The summed E-state index contributed by atoms with van der Waals surface area (Å²) in [6.07, 6.45) is 33.7. The van der Waals surface area contributed by atoms with Crippen molar-refractivity contribution in [3.8, 4) is 0 Å². The number of allylic oxidation sites excluding steroid dienone is 7. The molecule has 4 aliphatic heterocycles. The molecule has 58 heavy (non-hydrogen) atoms. The Kier molecular flexibility index (Phi) is 9.21. The van der Waals surface area contributed by atoms with Crippen LogP contribution in [0, 0.1) is 17.8 Å². The molecule has 11 rings (SSSR count). The number of hydrogen-bond acceptors (Lipinski definition) is 6. The summed E-state index contributed by atoms with van der Waals surface area (Å²) in [6, 6.07) is 20.0. The maximum Gasteiger partial charge on any atom is 0.171 e. The second-order valence-corrected chi connectivity index (χ2v) is 18.0. The molecule has 6 heteroatoms. The summed E-state index contributed by atoms with van der Waals surface area (Å²) in [6.45, 7) is 5.54. The largest absolute Gasteiger partial charge is 0.380 e. The fraction of sp³-hybridized carbons (Fsp3) is 0.385. The molecule has 0 amide bonds. The number of fused-ring (bicyclic) bond motifs is 6. The summed E-state index contributed by atoms with van der Waals surface area (Å²) in [5.41, 5.74) is 14.3. The van der Waals surface area contributed by atoms with Gasteiger partial charge in [0.05, 0.1) is 18.2 Å². The van der Waals surface area contributed by atoms with Crippen molar-refractivity contribution in [2.75, 3.05) is 11.4 Å². The Labute approximate surface area is 344 Å². The van der Waals surface area contributed by atoms with Gasteiger partial charge in [-0.1, -0.05) is 117 Å². The fourth-order valence-corrected chi connectivity index (χ4v) is 11.1. The number of anilines is 1. The molecule has 0 radical (unpaired) electrons. The van der Waals surface area contributed by atoms with Crippen LogP contribution in [0.25, 0.3) is 0 Å². The highest BCUT2D eigenvalue weighted by molar-refractivity contribution is 6.16. The van der Waals surface area contributed by atoms with Gasteiger partial charge in [-0.25, -0.2) is 9.98 Å². The van der Waals surface area contributed by atoms with Crippen molar-refractivity contribution in [1.29, 1.82) is 0 Å². The summed E-state index contributed by atoms with van der Waals surface area (Å²) in [4.78, 5) is 13.6. The number of nitrogens with one attached hydrogen (secondary N) is 2. The van der Waals surface area contributed by atoms with Crippen LogP contribution in [0.5, 0.6) is 0 Å². The van der Waals surface area contributed by atoms with E-state index in [0.717, 1.165) is 85.1 Å². The molecular weight excluding hydrogens is 711 g/mol. The van der Waals surface area contributed by atoms with Crippen LogP contribution in [-0.4, -0.2) is 42.6 Å². The van der Waals surface area contributed by atoms with Gasteiger partial charge >= 0.3 is 0 Å². The molecule has 294 valence electrons. The van der Waals surface area contributed by atoms with Crippen LogP contribution < -0.4 is 15.5 Å². The molecule has 8 unspecified atom stereocenters. The summed E-state index contributed by atoms with van der Waals surface area (Å²) >= 11 is 0. The lowest BCUT2D eigenvalue weighted by Gasteiger charge is -2.37. The van der Waals surface area contributed by atoms with Crippen LogP contribution in [0.1, 0.15) is 88.7 Å². The highest BCUT2D eigenvalue weighted by Crippen LogP contribution is 2.55. The molecule has 5 aliphatic carbocycles. The van der Waals surface area contributed by atoms with Gasteiger partial charge < -0.3 is 20.3 Å². The molecule has 0 spiro atoms.